The van der Waals surface area contributed by atoms with Crippen LogP contribution in [0.3, 0.4) is 0 Å². The molecule has 0 aliphatic carbocycles. The summed E-state index contributed by atoms with van der Waals surface area (Å²) in [6.45, 7) is 0. The van der Waals surface area contributed by atoms with Crippen LogP contribution in [0.2, 0.25) is 10.0 Å². The van der Waals surface area contributed by atoms with E-state index in [-0.39, 0.29) is 5.56 Å². The van der Waals surface area contributed by atoms with E-state index in [4.69, 9.17) is 27.6 Å². The Hall–Kier alpha value is -4.20. The zero-order valence-corrected chi connectivity index (χ0v) is 20.0. The van der Waals surface area contributed by atoms with Gasteiger partial charge in [0.05, 0.1) is 21.2 Å². The van der Waals surface area contributed by atoms with E-state index in [1.165, 1.54) is 12.3 Å². The van der Waals surface area contributed by atoms with Gasteiger partial charge in [-0.25, -0.2) is 4.98 Å². The van der Waals surface area contributed by atoms with Gasteiger partial charge in [-0.1, -0.05) is 53.5 Å². The van der Waals surface area contributed by atoms with Gasteiger partial charge in [0, 0.05) is 17.3 Å². The van der Waals surface area contributed by atoms with Crippen molar-refractivity contribution < 1.29 is 14.4 Å². The second-order valence-electron chi connectivity index (χ2n) is 8.01. The number of aromatic nitrogens is 1. The quantitative estimate of drug-likeness (QED) is 0.135. The van der Waals surface area contributed by atoms with Gasteiger partial charge in [0.25, 0.3) is 5.69 Å². The number of oxazole rings is 1. The lowest BCUT2D eigenvalue weighted by Gasteiger charge is -2.13. The lowest BCUT2D eigenvalue weighted by atomic mass is 10.0. The first-order chi connectivity index (χ1) is 17.4. The van der Waals surface area contributed by atoms with Gasteiger partial charge < -0.3 is 9.52 Å². The largest absolute Gasteiger partial charge is 0.867 e. The molecule has 5 aromatic rings. The van der Waals surface area contributed by atoms with Gasteiger partial charge in [-0.05, 0) is 71.3 Å². The van der Waals surface area contributed by atoms with Gasteiger partial charge in [-0.3, -0.25) is 15.1 Å². The maximum atomic E-state index is 12.7. The fourth-order valence-corrected chi connectivity index (χ4v) is 4.15. The van der Waals surface area contributed by atoms with Gasteiger partial charge in [0.15, 0.2) is 5.58 Å². The number of hydrogen-bond donors (Lipinski definition) is 0. The molecule has 0 saturated carbocycles. The lowest BCUT2D eigenvalue weighted by Crippen LogP contribution is -2.04. The minimum Gasteiger partial charge on any atom is -0.867 e. The van der Waals surface area contributed by atoms with Gasteiger partial charge in [0.2, 0.25) is 5.89 Å². The first-order valence-electron chi connectivity index (χ1n) is 10.8. The Kier molecular flexibility index (Phi) is 6.41. The molecule has 0 aliphatic rings. The summed E-state index contributed by atoms with van der Waals surface area (Å²) in [6.07, 6.45) is 1.78. The molecule has 0 amide bonds. The van der Waals surface area contributed by atoms with Crippen LogP contribution in [0.15, 0.2) is 88.3 Å². The van der Waals surface area contributed by atoms with Crippen LogP contribution in [0.4, 0.5) is 11.4 Å². The monoisotopic (exact) mass is 516 g/mol. The Labute approximate surface area is 215 Å². The van der Waals surface area contributed by atoms with Crippen LogP contribution < -0.4 is 5.11 Å². The van der Waals surface area contributed by atoms with Crippen molar-refractivity contribution in [3.05, 3.63) is 116 Å². The molecule has 0 fully saturated rings. The molecular weight excluding hydrogens is 501 g/mol. The van der Waals surface area contributed by atoms with Crippen LogP contribution in [0.5, 0.6) is 5.75 Å². The van der Waals surface area contributed by atoms with E-state index < -0.39 is 16.4 Å². The van der Waals surface area contributed by atoms with Gasteiger partial charge in [-0.2, -0.15) is 0 Å². The molecule has 36 heavy (non-hydrogen) atoms. The highest BCUT2D eigenvalue weighted by Gasteiger charge is 2.14. The van der Waals surface area contributed by atoms with Crippen LogP contribution in [-0.2, 0) is 6.42 Å². The average Bonchev–Trinajstić information content (AvgIpc) is 3.29. The van der Waals surface area contributed by atoms with Crippen LogP contribution in [0.1, 0.15) is 16.7 Å². The van der Waals surface area contributed by atoms with Gasteiger partial charge >= 0.3 is 0 Å². The summed E-state index contributed by atoms with van der Waals surface area (Å²) >= 11 is 12.3. The van der Waals surface area contributed by atoms with Crippen molar-refractivity contribution >= 4 is 51.9 Å². The minimum atomic E-state index is -0.694. The Bertz CT molecular complexity index is 1630. The predicted molar refractivity (Wildman–Crippen MR) is 139 cm³/mol. The van der Waals surface area contributed by atoms with E-state index in [9.17, 15) is 15.2 Å². The van der Waals surface area contributed by atoms with Crippen LogP contribution in [0, 0.1) is 10.1 Å². The zero-order valence-electron chi connectivity index (χ0n) is 18.5. The summed E-state index contributed by atoms with van der Waals surface area (Å²) in [5.41, 5.74) is 3.36. The molecule has 1 aromatic heterocycles. The van der Waals surface area contributed by atoms with Crippen LogP contribution >= 0.6 is 23.2 Å². The standard InChI is InChI=1S/C27H17Cl2N3O4/c28-19-6-8-22(29)21(13-19)27-31-23-14-20(7-9-25(23)36-27)30-15-18-11-17(10-16-4-2-1-3-5-16)12-24(26(18)33)32(34)35/h1-9,11-15,33H,10H2/p-1. The third kappa shape index (κ3) is 4.93. The molecule has 4 aromatic carbocycles. The van der Waals surface area contributed by atoms with Crippen molar-refractivity contribution in [2.45, 2.75) is 6.42 Å². The van der Waals surface area contributed by atoms with E-state index in [1.807, 2.05) is 30.3 Å². The molecule has 9 heteroatoms. The molecule has 0 aliphatic heterocycles. The van der Waals surface area contributed by atoms with E-state index in [1.54, 1.807) is 42.5 Å². The molecule has 0 saturated heterocycles. The summed E-state index contributed by atoms with van der Waals surface area (Å²) in [6, 6.07) is 22.5. The van der Waals surface area contributed by atoms with E-state index in [0.29, 0.717) is 50.3 Å². The van der Waals surface area contributed by atoms with Crippen LogP contribution in [0.25, 0.3) is 22.6 Å². The highest BCUT2D eigenvalue weighted by Crippen LogP contribution is 2.34. The second-order valence-corrected chi connectivity index (χ2v) is 8.85. The number of rotatable bonds is 6. The zero-order chi connectivity index (χ0) is 25.2. The van der Waals surface area contributed by atoms with Crippen molar-refractivity contribution in [3.63, 3.8) is 0 Å². The fourth-order valence-electron chi connectivity index (χ4n) is 3.78. The first-order valence-corrected chi connectivity index (χ1v) is 11.6. The summed E-state index contributed by atoms with van der Waals surface area (Å²) in [5, 5.41) is 25.1. The van der Waals surface area contributed by atoms with Gasteiger partial charge in [-0.15, -0.1) is 0 Å². The molecule has 0 radical (unpaired) electrons. The average molecular weight is 517 g/mol. The number of nitrogens with zero attached hydrogens (tertiary/aromatic N) is 3. The first kappa shape index (κ1) is 23.5. The molecule has 0 N–H and O–H groups in total. The highest BCUT2D eigenvalue weighted by molar-refractivity contribution is 6.35. The number of aliphatic imine (C=N–C) groups is 1. The maximum Gasteiger partial charge on any atom is 0.262 e. The third-order valence-corrected chi connectivity index (χ3v) is 6.05. The van der Waals surface area contributed by atoms with Crippen LogP contribution in [-0.4, -0.2) is 16.1 Å². The Morgan fingerprint density at radius 3 is 2.56 bits per heavy atom. The van der Waals surface area contributed by atoms with Crippen molar-refractivity contribution in [1.29, 1.82) is 0 Å². The van der Waals surface area contributed by atoms with Gasteiger partial charge in [0.1, 0.15) is 5.52 Å². The molecule has 178 valence electrons. The highest BCUT2D eigenvalue weighted by atomic mass is 35.5. The minimum absolute atomic E-state index is 0.127. The third-order valence-electron chi connectivity index (χ3n) is 5.49. The van der Waals surface area contributed by atoms with Crippen molar-refractivity contribution in [2.24, 2.45) is 4.99 Å². The maximum absolute atomic E-state index is 12.7. The predicted octanol–water partition coefficient (Wildman–Crippen LogP) is 7.12. The number of nitro benzene ring substituents is 1. The molecule has 5 rings (SSSR count). The molecule has 0 spiro atoms. The lowest BCUT2D eigenvalue weighted by molar-refractivity contribution is -0.398. The molecule has 0 atom stereocenters. The smallest absolute Gasteiger partial charge is 0.262 e. The van der Waals surface area contributed by atoms with E-state index in [0.717, 1.165) is 5.56 Å². The molecule has 0 unspecified atom stereocenters. The summed E-state index contributed by atoms with van der Waals surface area (Å²) < 4.78 is 5.81. The number of hydrogen-bond acceptors (Lipinski definition) is 6. The Morgan fingerprint density at radius 2 is 1.78 bits per heavy atom. The molecule has 1 heterocycles. The van der Waals surface area contributed by atoms with E-state index >= 15 is 0 Å². The SMILES string of the molecule is O=[N+]([O-])c1cc(Cc2ccccc2)cc(C=Nc2ccc3oc(-c4cc(Cl)ccc4Cl)nc3c2)c1[O-]. The topological polar surface area (TPSA) is 105 Å². The summed E-state index contributed by atoms with van der Waals surface area (Å²) in [5.74, 6) is -0.384. The van der Waals surface area contributed by atoms with Crippen molar-refractivity contribution in [1.82, 2.24) is 4.98 Å². The number of benzene rings is 4. The second kappa shape index (κ2) is 9.81. The molecule has 0 bridgehead atoms. The normalized spacial score (nSPS) is 11.4. The Morgan fingerprint density at radius 1 is 0.972 bits per heavy atom. The summed E-state index contributed by atoms with van der Waals surface area (Å²) in [7, 11) is 0. The van der Waals surface area contributed by atoms with E-state index in [2.05, 4.69) is 9.98 Å². The van der Waals surface area contributed by atoms with Crippen molar-refractivity contribution in [2.75, 3.05) is 0 Å². The number of nitro groups is 1. The molecular formula is C27H16Cl2N3O4-. The fraction of sp³-hybridized carbons (Fsp3) is 0.0370. The number of fused-ring (bicyclic) bond motifs is 1. The van der Waals surface area contributed by atoms with Crippen molar-refractivity contribution in [3.8, 4) is 17.2 Å². The number of halogens is 2. The summed E-state index contributed by atoms with van der Waals surface area (Å²) in [4.78, 5) is 19.7. The molecule has 7 nitrogen and oxygen atoms in total. The Balaban J connectivity index is 1.48.